The number of hydrogen-bond acceptors (Lipinski definition) is 2. The number of aromatic nitrogens is 1. The Balaban J connectivity index is 1.96. The van der Waals surface area contributed by atoms with Crippen molar-refractivity contribution in [1.82, 2.24) is 0 Å². The second-order valence-electron chi connectivity index (χ2n) is 4.33. The largest absolute Gasteiger partial charge is 0.208 e. The van der Waals surface area contributed by atoms with E-state index in [1.165, 1.54) is 25.1 Å². The van der Waals surface area contributed by atoms with Gasteiger partial charge in [0.15, 0.2) is 12.4 Å². The standard InChI is InChI=1S/C15H14NS2/c1-11-3-4-14(17-11)15-6-5-13(18-15)12-7-9-16(2)10-8-12/h3-10H,1-2H3/q+1. The van der Waals surface area contributed by atoms with Gasteiger partial charge in [0, 0.05) is 37.2 Å². The first kappa shape index (κ1) is 11.6. The fraction of sp³-hybridized carbons (Fsp3) is 0.133. The lowest BCUT2D eigenvalue weighted by molar-refractivity contribution is -0.671. The fourth-order valence-electron chi connectivity index (χ4n) is 1.86. The number of nitrogens with zero attached hydrogens (tertiary/aromatic N) is 1. The van der Waals surface area contributed by atoms with Crippen LogP contribution in [0.25, 0.3) is 20.2 Å². The summed E-state index contributed by atoms with van der Waals surface area (Å²) in [6.07, 6.45) is 4.17. The third kappa shape index (κ3) is 2.24. The lowest BCUT2D eigenvalue weighted by Gasteiger charge is -1.94. The molecule has 3 heterocycles. The predicted molar refractivity (Wildman–Crippen MR) is 79.0 cm³/mol. The summed E-state index contributed by atoms with van der Waals surface area (Å²) >= 11 is 3.72. The average molecular weight is 272 g/mol. The van der Waals surface area contributed by atoms with Crippen LogP contribution >= 0.6 is 22.7 Å². The van der Waals surface area contributed by atoms with Crippen molar-refractivity contribution in [2.24, 2.45) is 7.05 Å². The van der Waals surface area contributed by atoms with Crippen LogP contribution in [0.4, 0.5) is 0 Å². The van der Waals surface area contributed by atoms with Gasteiger partial charge in [0.2, 0.25) is 0 Å². The van der Waals surface area contributed by atoms with E-state index in [-0.39, 0.29) is 0 Å². The second-order valence-corrected chi connectivity index (χ2v) is 6.70. The first-order valence-electron chi connectivity index (χ1n) is 5.85. The van der Waals surface area contributed by atoms with Gasteiger partial charge in [-0.3, -0.25) is 0 Å². The molecular formula is C15H14NS2+. The molecule has 0 unspecified atom stereocenters. The molecule has 18 heavy (non-hydrogen) atoms. The van der Waals surface area contributed by atoms with E-state index in [9.17, 15) is 0 Å². The summed E-state index contributed by atoms with van der Waals surface area (Å²) in [7, 11) is 2.04. The highest BCUT2D eigenvalue weighted by Crippen LogP contribution is 2.37. The molecule has 3 aromatic heterocycles. The quantitative estimate of drug-likeness (QED) is 0.613. The van der Waals surface area contributed by atoms with Gasteiger partial charge in [-0.05, 0) is 31.2 Å². The maximum Gasteiger partial charge on any atom is 0.169 e. The normalized spacial score (nSPS) is 10.8. The topological polar surface area (TPSA) is 3.88 Å². The van der Waals surface area contributed by atoms with Crippen molar-refractivity contribution >= 4 is 22.7 Å². The van der Waals surface area contributed by atoms with E-state index in [1.807, 2.05) is 29.7 Å². The van der Waals surface area contributed by atoms with Gasteiger partial charge >= 0.3 is 0 Å². The minimum absolute atomic E-state index is 1.29. The zero-order chi connectivity index (χ0) is 12.5. The molecule has 3 rings (SSSR count). The van der Waals surface area contributed by atoms with Crippen LogP contribution in [0.2, 0.25) is 0 Å². The molecule has 0 aliphatic carbocycles. The van der Waals surface area contributed by atoms with E-state index < -0.39 is 0 Å². The highest BCUT2D eigenvalue weighted by Gasteiger charge is 2.07. The van der Waals surface area contributed by atoms with Crippen molar-refractivity contribution in [3.05, 3.63) is 53.7 Å². The molecule has 1 nitrogen and oxygen atoms in total. The molecule has 0 spiro atoms. The molecule has 0 atom stereocenters. The highest BCUT2D eigenvalue weighted by atomic mass is 32.1. The van der Waals surface area contributed by atoms with E-state index >= 15 is 0 Å². The Morgan fingerprint density at radius 1 is 0.778 bits per heavy atom. The summed E-state index contributed by atoms with van der Waals surface area (Å²) in [5.74, 6) is 0. The van der Waals surface area contributed by atoms with Crippen LogP contribution in [-0.4, -0.2) is 0 Å². The minimum atomic E-state index is 1.29. The summed E-state index contributed by atoms with van der Waals surface area (Å²) in [6, 6.07) is 13.1. The third-order valence-electron chi connectivity index (χ3n) is 2.85. The summed E-state index contributed by atoms with van der Waals surface area (Å²) < 4.78 is 2.06. The second kappa shape index (κ2) is 4.67. The first-order valence-corrected chi connectivity index (χ1v) is 7.48. The summed E-state index contributed by atoms with van der Waals surface area (Å²) in [4.78, 5) is 5.42. The van der Waals surface area contributed by atoms with Crippen LogP contribution in [-0.2, 0) is 7.05 Å². The van der Waals surface area contributed by atoms with Crippen LogP contribution in [0.15, 0.2) is 48.8 Å². The summed E-state index contributed by atoms with van der Waals surface area (Å²) in [6.45, 7) is 2.15. The number of hydrogen-bond donors (Lipinski definition) is 0. The summed E-state index contributed by atoms with van der Waals surface area (Å²) in [5.41, 5.74) is 1.29. The molecule has 0 bridgehead atoms. The molecule has 0 fully saturated rings. The Morgan fingerprint density at radius 3 is 2.06 bits per heavy atom. The Morgan fingerprint density at radius 2 is 1.39 bits per heavy atom. The van der Waals surface area contributed by atoms with Crippen LogP contribution in [0.1, 0.15) is 4.88 Å². The Labute approximate surface area is 115 Å². The highest BCUT2D eigenvalue weighted by molar-refractivity contribution is 7.23. The van der Waals surface area contributed by atoms with Gasteiger partial charge in [0.25, 0.3) is 0 Å². The lowest BCUT2D eigenvalue weighted by atomic mass is 10.2. The van der Waals surface area contributed by atoms with Crippen LogP contribution < -0.4 is 4.57 Å². The average Bonchev–Trinajstić information content (AvgIpc) is 2.98. The molecule has 0 saturated carbocycles. The molecule has 0 amide bonds. The molecule has 3 aromatic rings. The van der Waals surface area contributed by atoms with Gasteiger partial charge < -0.3 is 0 Å². The van der Waals surface area contributed by atoms with Crippen LogP contribution in [0.3, 0.4) is 0 Å². The minimum Gasteiger partial charge on any atom is -0.208 e. The molecule has 0 radical (unpaired) electrons. The zero-order valence-electron chi connectivity index (χ0n) is 10.4. The molecule has 0 aliphatic heterocycles. The molecule has 0 N–H and O–H groups in total. The number of rotatable bonds is 2. The molecule has 0 aliphatic rings. The first-order chi connectivity index (χ1) is 8.72. The molecule has 0 saturated heterocycles. The van der Waals surface area contributed by atoms with Gasteiger partial charge in [0.05, 0.1) is 0 Å². The third-order valence-corrected chi connectivity index (χ3v) is 5.18. The van der Waals surface area contributed by atoms with Crippen LogP contribution in [0.5, 0.6) is 0 Å². The summed E-state index contributed by atoms with van der Waals surface area (Å²) in [5, 5.41) is 0. The van der Waals surface area contributed by atoms with Crippen molar-refractivity contribution in [3.8, 4) is 20.2 Å². The zero-order valence-corrected chi connectivity index (χ0v) is 12.0. The maximum absolute atomic E-state index is 2.22. The van der Waals surface area contributed by atoms with E-state index in [0.29, 0.717) is 0 Å². The lowest BCUT2D eigenvalue weighted by Crippen LogP contribution is -2.25. The van der Waals surface area contributed by atoms with Gasteiger partial charge in [0.1, 0.15) is 7.05 Å². The molecule has 3 heteroatoms. The number of thiophene rings is 2. The van der Waals surface area contributed by atoms with E-state index in [4.69, 9.17) is 0 Å². The molecular weight excluding hydrogens is 258 g/mol. The molecule has 0 aromatic carbocycles. The predicted octanol–water partition coefficient (Wildman–Crippen LogP) is 4.28. The Kier molecular flexibility index (Phi) is 3.02. The van der Waals surface area contributed by atoms with Gasteiger partial charge in [-0.2, -0.15) is 0 Å². The monoisotopic (exact) mass is 272 g/mol. The maximum atomic E-state index is 2.22. The Hall–Kier alpha value is -1.45. The van der Waals surface area contributed by atoms with Gasteiger partial charge in [-0.25, -0.2) is 4.57 Å². The van der Waals surface area contributed by atoms with Crippen molar-refractivity contribution in [3.63, 3.8) is 0 Å². The van der Waals surface area contributed by atoms with Gasteiger partial charge in [-0.1, -0.05) is 0 Å². The van der Waals surface area contributed by atoms with E-state index in [2.05, 4.69) is 60.3 Å². The SMILES string of the molecule is Cc1ccc(-c2ccc(-c3cc[n+](C)cc3)s2)s1. The smallest absolute Gasteiger partial charge is 0.169 e. The van der Waals surface area contributed by atoms with Crippen LogP contribution in [0, 0.1) is 6.92 Å². The van der Waals surface area contributed by atoms with Gasteiger partial charge in [-0.15, -0.1) is 22.7 Å². The fourth-order valence-corrected chi connectivity index (χ4v) is 3.83. The number of pyridine rings is 1. The van der Waals surface area contributed by atoms with Crippen molar-refractivity contribution in [2.75, 3.05) is 0 Å². The molecule has 90 valence electrons. The van der Waals surface area contributed by atoms with E-state index in [0.717, 1.165) is 0 Å². The number of aryl methyl sites for hydroxylation is 2. The van der Waals surface area contributed by atoms with E-state index in [1.54, 1.807) is 0 Å². The van der Waals surface area contributed by atoms with Crippen molar-refractivity contribution in [2.45, 2.75) is 6.92 Å². The van der Waals surface area contributed by atoms with Crippen molar-refractivity contribution in [1.29, 1.82) is 0 Å². The Bertz CT molecular complexity index is 662. The van der Waals surface area contributed by atoms with Crippen molar-refractivity contribution < 1.29 is 4.57 Å².